The third-order valence-electron chi connectivity index (χ3n) is 3.18. The fraction of sp³-hybridized carbons (Fsp3) is 0.375. The lowest BCUT2D eigenvalue weighted by atomic mass is 10.1. The van der Waals surface area contributed by atoms with Crippen LogP contribution in [0.5, 0.6) is 0 Å². The summed E-state index contributed by atoms with van der Waals surface area (Å²) in [6.07, 6.45) is 3.62. The van der Waals surface area contributed by atoms with Crippen molar-refractivity contribution in [1.29, 1.82) is 0 Å². The lowest BCUT2D eigenvalue weighted by Crippen LogP contribution is -2.38. The summed E-state index contributed by atoms with van der Waals surface area (Å²) in [4.78, 5) is 26.2. The highest BCUT2D eigenvalue weighted by Gasteiger charge is 2.14. The quantitative estimate of drug-likeness (QED) is 0.620. The first-order chi connectivity index (χ1) is 9.95. The van der Waals surface area contributed by atoms with Gasteiger partial charge in [-0.3, -0.25) is 0 Å². The number of urea groups is 1. The van der Waals surface area contributed by atoms with Gasteiger partial charge in [-0.1, -0.05) is 18.2 Å². The molecule has 1 rings (SSSR count). The van der Waals surface area contributed by atoms with Crippen LogP contribution in [0, 0.1) is 0 Å². The van der Waals surface area contributed by atoms with Crippen LogP contribution in [0.25, 0.3) is 0 Å². The number of hydrogen-bond acceptors (Lipinski definition) is 2. The van der Waals surface area contributed by atoms with Crippen LogP contribution in [0.1, 0.15) is 28.8 Å². The van der Waals surface area contributed by atoms with Crippen molar-refractivity contribution in [2.75, 3.05) is 20.6 Å². The Labute approximate surface area is 125 Å². The number of carboxylic acid groups (broad SMARTS) is 1. The largest absolute Gasteiger partial charge is 0.478 e. The number of amides is 2. The molecule has 0 aliphatic rings. The number of benzene rings is 1. The molecule has 0 aliphatic carbocycles. The van der Waals surface area contributed by atoms with E-state index in [0.717, 1.165) is 18.4 Å². The Balaban J connectivity index is 2.54. The van der Waals surface area contributed by atoms with E-state index in [1.54, 1.807) is 48.2 Å². The number of aromatic carboxylic acids is 1. The maximum absolute atomic E-state index is 12.1. The molecule has 21 heavy (non-hydrogen) atoms. The van der Waals surface area contributed by atoms with Gasteiger partial charge in [0.05, 0.1) is 5.56 Å². The highest BCUT2D eigenvalue weighted by atomic mass is 16.4. The van der Waals surface area contributed by atoms with Crippen LogP contribution in [-0.2, 0) is 6.54 Å². The van der Waals surface area contributed by atoms with Crippen LogP contribution in [0.3, 0.4) is 0 Å². The van der Waals surface area contributed by atoms with Gasteiger partial charge >= 0.3 is 12.0 Å². The smallest absolute Gasteiger partial charge is 0.335 e. The van der Waals surface area contributed by atoms with Crippen LogP contribution in [0.15, 0.2) is 36.9 Å². The Morgan fingerprint density at radius 3 is 2.33 bits per heavy atom. The lowest BCUT2D eigenvalue weighted by Gasteiger charge is -2.25. The van der Waals surface area contributed by atoms with Gasteiger partial charge in [0.2, 0.25) is 0 Å². The number of carbonyl (C=O) groups is 2. The summed E-state index contributed by atoms with van der Waals surface area (Å²) >= 11 is 0. The van der Waals surface area contributed by atoms with Gasteiger partial charge in [-0.25, -0.2) is 9.59 Å². The Kier molecular flexibility index (Phi) is 6.46. The predicted octanol–water partition coefficient (Wildman–Crippen LogP) is 2.83. The zero-order valence-corrected chi connectivity index (χ0v) is 12.6. The SMILES string of the molecule is C=CCCCN(C)C(=O)N(C)Cc1ccc(C(=O)O)cc1. The zero-order valence-electron chi connectivity index (χ0n) is 12.6. The molecule has 114 valence electrons. The van der Waals surface area contributed by atoms with Gasteiger partial charge in [0.25, 0.3) is 0 Å². The number of carboxylic acids is 1. The first kappa shape index (κ1) is 16.8. The van der Waals surface area contributed by atoms with Crippen LogP contribution < -0.4 is 0 Å². The van der Waals surface area contributed by atoms with E-state index >= 15 is 0 Å². The van der Waals surface area contributed by atoms with E-state index in [0.29, 0.717) is 13.1 Å². The van der Waals surface area contributed by atoms with Crippen molar-refractivity contribution in [2.24, 2.45) is 0 Å². The van der Waals surface area contributed by atoms with Gasteiger partial charge in [0.1, 0.15) is 0 Å². The van der Waals surface area contributed by atoms with Gasteiger partial charge in [-0.05, 0) is 30.5 Å². The van der Waals surface area contributed by atoms with Gasteiger partial charge in [-0.2, -0.15) is 0 Å². The molecular formula is C16H22N2O3. The molecular weight excluding hydrogens is 268 g/mol. The Morgan fingerprint density at radius 1 is 1.19 bits per heavy atom. The van der Waals surface area contributed by atoms with Crippen molar-refractivity contribution < 1.29 is 14.7 Å². The highest BCUT2D eigenvalue weighted by molar-refractivity contribution is 5.87. The molecule has 0 saturated carbocycles. The fourth-order valence-corrected chi connectivity index (χ4v) is 1.95. The molecule has 1 aromatic rings. The van der Waals surface area contributed by atoms with Gasteiger partial charge in [-0.15, -0.1) is 6.58 Å². The molecule has 0 atom stereocenters. The average molecular weight is 290 g/mol. The summed E-state index contributed by atoms with van der Waals surface area (Å²) in [5.41, 5.74) is 1.14. The summed E-state index contributed by atoms with van der Waals surface area (Å²) in [6.45, 7) is 4.79. The second-order valence-corrected chi connectivity index (χ2v) is 4.99. The van der Waals surface area contributed by atoms with Gasteiger partial charge in [0, 0.05) is 27.2 Å². The summed E-state index contributed by atoms with van der Waals surface area (Å²) in [6, 6.07) is 6.49. The molecule has 1 N–H and O–H groups in total. The first-order valence-electron chi connectivity index (χ1n) is 6.85. The monoisotopic (exact) mass is 290 g/mol. The molecule has 0 radical (unpaired) electrons. The van der Waals surface area contributed by atoms with E-state index in [1.807, 2.05) is 6.08 Å². The normalized spacial score (nSPS) is 10.0. The Hall–Kier alpha value is -2.30. The van der Waals surface area contributed by atoms with E-state index in [9.17, 15) is 9.59 Å². The predicted molar refractivity (Wildman–Crippen MR) is 82.3 cm³/mol. The number of hydrogen-bond donors (Lipinski definition) is 1. The third kappa shape index (κ3) is 5.30. The van der Waals surface area contributed by atoms with Crippen molar-refractivity contribution in [2.45, 2.75) is 19.4 Å². The lowest BCUT2D eigenvalue weighted by molar-refractivity contribution is 0.0697. The molecule has 5 heteroatoms. The molecule has 0 unspecified atom stereocenters. The zero-order chi connectivity index (χ0) is 15.8. The van der Waals surface area contributed by atoms with E-state index in [4.69, 9.17) is 5.11 Å². The van der Waals surface area contributed by atoms with Crippen molar-refractivity contribution in [1.82, 2.24) is 9.80 Å². The first-order valence-corrected chi connectivity index (χ1v) is 6.85. The van der Waals surface area contributed by atoms with E-state index < -0.39 is 5.97 Å². The topological polar surface area (TPSA) is 60.9 Å². The van der Waals surface area contributed by atoms with Crippen LogP contribution in [-0.4, -0.2) is 47.5 Å². The van der Waals surface area contributed by atoms with Gasteiger partial charge < -0.3 is 14.9 Å². The molecule has 1 aromatic carbocycles. The highest BCUT2D eigenvalue weighted by Crippen LogP contribution is 2.08. The van der Waals surface area contributed by atoms with Gasteiger partial charge in [0.15, 0.2) is 0 Å². The molecule has 0 bridgehead atoms. The molecule has 5 nitrogen and oxygen atoms in total. The number of rotatable bonds is 7. The minimum atomic E-state index is -0.951. The summed E-state index contributed by atoms with van der Waals surface area (Å²) in [5, 5.41) is 8.84. The standard InChI is InChI=1S/C16H22N2O3/c1-4-5-6-11-17(2)16(21)18(3)12-13-7-9-14(10-8-13)15(19)20/h4,7-10H,1,5-6,11-12H2,2-3H3,(H,19,20). The van der Waals surface area contributed by atoms with Crippen LogP contribution in [0.4, 0.5) is 4.79 Å². The summed E-state index contributed by atoms with van der Waals surface area (Å²) in [7, 11) is 3.51. The van der Waals surface area contributed by atoms with Crippen molar-refractivity contribution in [3.05, 3.63) is 48.0 Å². The Morgan fingerprint density at radius 2 is 1.81 bits per heavy atom. The van der Waals surface area contributed by atoms with E-state index in [1.165, 1.54) is 0 Å². The van der Waals surface area contributed by atoms with E-state index in [2.05, 4.69) is 6.58 Å². The minimum Gasteiger partial charge on any atom is -0.478 e. The number of allylic oxidation sites excluding steroid dienone is 1. The van der Waals surface area contributed by atoms with E-state index in [-0.39, 0.29) is 11.6 Å². The average Bonchev–Trinajstić information content (AvgIpc) is 2.47. The molecule has 0 aromatic heterocycles. The maximum Gasteiger partial charge on any atom is 0.335 e. The second-order valence-electron chi connectivity index (χ2n) is 4.99. The van der Waals surface area contributed by atoms with Crippen molar-refractivity contribution in [3.63, 3.8) is 0 Å². The molecule has 0 spiro atoms. The Bertz CT molecular complexity index is 497. The number of unbranched alkanes of at least 4 members (excludes halogenated alkanes) is 1. The third-order valence-corrected chi connectivity index (χ3v) is 3.18. The molecule has 0 aliphatic heterocycles. The minimum absolute atomic E-state index is 0.0543. The number of carbonyl (C=O) groups excluding carboxylic acids is 1. The molecule has 0 saturated heterocycles. The second kappa shape index (κ2) is 8.09. The number of nitrogens with zero attached hydrogens (tertiary/aromatic N) is 2. The fourth-order valence-electron chi connectivity index (χ4n) is 1.95. The van der Waals surface area contributed by atoms with Crippen LogP contribution >= 0.6 is 0 Å². The maximum atomic E-state index is 12.1. The van der Waals surface area contributed by atoms with Crippen molar-refractivity contribution in [3.8, 4) is 0 Å². The summed E-state index contributed by atoms with van der Waals surface area (Å²) in [5.74, 6) is -0.951. The van der Waals surface area contributed by atoms with Crippen LogP contribution in [0.2, 0.25) is 0 Å². The molecule has 0 heterocycles. The summed E-state index contributed by atoms with van der Waals surface area (Å²) < 4.78 is 0. The molecule has 0 fully saturated rings. The molecule has 2 amide bonds. The van der Waals surface area contributed by atoms with Crippen molar-refractivity contribution >= 4 is 12.0 Å².